The molecule has 1 aromatic carbocycles. The Morgan fingerprint density at radius 2 is 1.90 bits per heavy atom. The molecule has 0 saturated carbocycles. The lowest BCUT2D eigenvalue weighted by molar-refractivity contribution is -0.277. The molecular formula is C13H16O8. The minimum absolute atomic E-state index is 0.0599. The van der Waals surface area contributed by atoms with Crippen LogP contribution in [0.1, 0.15) is 0 Å². The molecule has 8 nitrogen and oxygen atoms in total. The van der Waals surface area contributed by atoms with Gasteiger partial charge < -0.3 is 39.4 Å². The van der Waals surface area contributed by atoms with Crippen molar-refractivity contribution in [2.75, 3.05) is 13.4 Å². The molecule has 3 rings (SSSR count). The number of para-hydroxylation sites is 1. The van der Waals surface area contributed by atoms with Gasteiger partial charge in [0, 0.05) is 0 Å². The van der Waals surface area contributed by atoms with E-state index in [0.717, 1.165) is 0 Å². The SMILES string of the molecule is OC[C@H]1O[C@@H](Oc2cccc3c2OCO3)[C@H](O)[C@@H](O)[C@@H]1O. The van der Waals surface area contributed by atoms with Crippen molar-refractivity contribution in [2.45, 2.75) is 30.7 Å². The van der Waals surface area contributed by atoms with Crippen molar-refractivity contribution >= 4 is 0 Å². The van der Waals surface area contributed by atoms with E-state index in [1.54, 1.807) is 18.2 Å². The fourth-order valence-electron chi connectivity index (χ4n) is 2.29. The molecule has 1 saturated heterocycles. The molecule has 8 heteroatoms. The number of aliphatic hydroxyl groups excluding tert-OH is 4. The zero-order chi connectivity index (χ0) is 15.0. The van der Waals surface area contributed by atoms with Gasteiger partial charge in [-0.1, -0.05) is 6.07 Å². The van der Waals surface area contributed by atoms with Crippen molar-refractivity contribution in [3.63, 3.8) is 0 Å². The van der Waals surface area contributed by atoms with E-state index in [0.29, 0.717) is 11.5 Å². The van der Waals surface area contributed by atoms with Crippen molar-refractivity contribution in [1.29, 1.82) is 0 Å². The van der Waals surface area contributed by atoms with Gasteiger partial charge in [-0.25, -0.2) is 0 Å². The topological polar surface area (TPSA) is 118 Å². The quantitative estimate of drug-likeness (QED) is 0.538. The lowest BCUT2D eigenvalue weighted by Gasteiger charge is -2.39. The summed E-state index contributed by atoms with van der Waals surface area (Å²) >= 11 is 0. The molecule has 5 atom stereocenters. The number of hydrogen-bond donors (Lipinski definition) is 4. The van der Waals surface area contributed by atoms with Crippen LogP contribution < -0.4 is 14.2 Å². The van der Waals surface area contributed by atoms with E-state index in [1.807, 2.05) is 0 Å². The van der Waals surface area contributed by atoms with E-state index in [-0.39, 0.29) is 12.5 Å². The molecular weight excluding hydrogens is 284 g/mol. The molecule has 1 fully saturated rings. The first-order chi connectivity index (χ1) is 10.1. The highest BCUT2D eigenvalue weighted by Gasteiger charge is 2.45. The largest absolute Gasteiger partial charge is 0.458 e. The minimum atomic E-state index is -1.49. The van der Waals surface area contributed by atoms with Crippen LogP contribution in [0.4, 0.5) is 0 Å². The second-order valence-corrected chi connectivity index (χ2v) is 4.81. The Balaban J connectivity index is 1.79. The van der Waals surface area contributed by atoms with E-state index in [2.05, 4.69) is 0 Å². The Hall–Kier alpha value is -1.58. The summed E-state index contributed by atoms with van der Waals surface area (Å²) in [6, 6.07) is 4.96. The first-order valence-electron chi connectivity index (χ1n) is 6.47. The molecule has 21 heavy (non-hydrogen) atoms. The van der Waals surface area contributed by atoms with E-state index in [4.69, 9.17) is 24.1 Å². The van der Waals surface area contributed by atoms with Crippen LogP contribution in [0.15, 0.2) is 18.2 Å². The first-order valence-corrected chi connectivity index (χ1v) is 6.47. The van der Waals surface area contributed by atoms with Crippen LogP contribution >= 0.6 is 0 Å². The fraction of sp³-hybridized carbons (Fsp3) is 0.538. The Kier molecular flexibility index (Phi) is 3.87. The summed E-state index contributed by atoms with van der Waals surface area (Å²) in [7, 11) is 0. The van der Waals surface area contributed by atoms with Crippen molar-refractivity contribution in [2.24, 2.45) is 0 Å². The van der Waals surface area contributed by atoms with Gasteiger partial charge in [-0.15, -0.1) is 0 Å². The highest BCUT2D eigenvalue weighted by molar-refractivity contribution is 5.52. The average Bonchev–Trinajstić information content (AvgIpc) is 2.97. The van der Waals surface area contributed by atoms with Crippen LogP contribution in [0.2, 0.25) is 0 Å². The molecule has 0 aromatic heterocycles. The van der Waals surface area contributed by atoms with Gasteiger partial charge in [0.2, 0.25) is 18.8 Å². The second kappa shape index (κ2) is 5.66. The van der Waals surface area contributed by atoms with Crippen LogP contribution in [-0.4, -0.2) is 64.5 Å². The van der Waals surface area contributed by atoms with E-state index < -0.39 is 37.3 Å². The highest BCUT2D eigenvalue weighted by Crippen LogP contribution is 2.41. The van der Waals surface area contributed by atoms with Crippen molar-refractivity contribution in [3.05, 3.63) is 18.2 Å². The van der Waals surface area contributed by atoms with Gasteiger partial charge in [-0.05, 0) is 12.1 Å². The third kappa shape index (κ3) is 2.52. The van der Waals surface area contributed by atoms with E-state index >= 15 is 0 Å². The number of fused-ring (bicyclic) bond motifs is 1. The zero-order valence-electron chi connectivity index (χ0n) is 11.0. The van der Waals surface area contributed by atoms with Crippen LogP contribution in [0, 0.1) is 0 Å². The lowest BCUT2D eigenvalue weighted by atomic mass is 9.99. The molecule has 0 radical (unpaired) electrons. The summed E-state index contributed by atoms with van der Waals surface area (Å²) < 4.78 is 21.2. The maximum Gasteiger partial charge on any atom is 0.231 e. The van der Waals surface area contributed by atoms with Crippen LogP contribution in [0.25, 0.3) is 0 Å². The Labute approximate surface area is 120 Å². The third-order valence-electron chi connectivity index (χ3n) is 3.45. The van der Waals surface area contributed by atoms with Gasteiger partial charge in [0.15, 0.2) is 11.5 Å². The summed E-state index contributed by atoms with van der Waals surface area (Å²) in [5, 5.41) is 38.5. The van der Waals surface area contributed by atoms with E-state index in [9.17, 15) is 15.3 Å². The summed E-state index contributed by atoms with van der Waals surface area (Å²) in [6.07, 6.45) is -6.67. The Morgan fingerprint density at radius 1 is 1.10 bits per heavy atom. The molecule has 0 aliphatic carbocycles. The normalized spacial score (nSPS) is 34.8. The lowest BCUT2D eigenvalue weighted by Crippen LogP contribution is -2.60. The number of aliphatic hydroxyl groups is 4. The zero-order valence-corrected chi connectivity index (χ0v) is 11.0. The van der Waals surface area contributed by atoms with E-state index in [1.165, 1.54) is 0 Å². The van der Waals surface area contributed by atoms with Gasteiger partial charge in [0.25, 0.3) is 0 Å². The van der Waals surface area contributed by atoms with Crippen LogP contribution in [-0.2, 0) is 4.74 Å². The molecule has 2 heterocycles. The maximum absolute atomic E-state index is 9.92. The molecule has 0 amide bonds. The smallest absolute Gasteiger partial charge is 0.231 e. The number of benzene rings is 1. The molecule has 116 valence electrons. The monoisotopic (exact) mass is 300 g/mol. The second-order valence-electron chi connectivity index (χ2n) is 4.81. The minimum Gasteiger partial charge on any atom is -0.458 e. The van der Waals surface area contributed by atoms with Gasteiger partial charge in [-0.2, -0.15) is 0 Å². The predicted octanol–water partition coefficient (Wildman–Crippen LogP) is -1.41. The van der Waals surface area contributed by atoms with Gasteiger partial charge >= 0.3 is 0 Å². The van der Waals surface area contributed by atoms with Crippen LogP contribution in [0.3, 0.4) is 0 Å². The summed E-state index contributed by atoms with van der Waals surface area (Å²) in [4.78, 5) is 0. The first kappa shape index (κ1) is 14.4. The maximum atomic E-state index is 9.92. The number of rotatable bonds is 3. The number of hydrogen-bond acceptors (Lipinski definition) is 8. The molecule has 0 bridgehead atoms. The van der Waals surface area contributed by atoms with Crippen molar-refractivity contribution in [1.82, 2.24) is 0 Å². The van der Waals surface area contributed by atoms with Crippen molar-refractivity contribution < 1.29 is 39.4 Å². The molecule has 4 N–H and O–H groups in total. The van der Waals surface area contributed by atoms with Gasteiger partial charge in [0.05, 0.1) is 6.61 Å². The summed E-state index contributed by atoms with van der Waals surface area (Å²) in [6.45, 7) is -0.457. The predicted molar refractivity (Wildman–Crippen MR) is 67.0 cm³/mol. The third-order valence-corrected chi connectivity index (χ3v) is 3.45. The van der Waals surface area contributed by atoms with Gasteiger partial charge in [0.1, 0.15) is 24.4 Å². The summed E-state index contributed by atoms with van der Waals surface area (Å²) in [5.74, 6) is 1.14. The van der Waals surface area contributed by atoms with Crippen molar-refractivity contribution in [3.8, 4) is 17.2 Å². The molecule has 2 aliphatic rings. The average molecular weight is 300 g/mol. The molecule has 0 unspecified atom stereocenters. The Bertz CT molecular complexity index is 505. The highest BCUT2D eigenvalue weighted by atomic mass is 16.7. The molecule has 0 spiro atoms. The number of ether oxygens (including phenoxy) is 4. The van der Waals surface area contributed by atoms with Crippen LogP contribution in [0.5, 0.6) is 17.2 Å². The molecule has 2 aliphatic heterocycles. The standard InChI is InChI=1S/C13H16O8/c14-4-8-9(15)10(16)11(17)13(21-8)20-7-3-1-2-6-12(7)19-5-18-6/h1-3,8-11,13-17H,4-5H2/t8-,9-,10+,11-,13-/m1/s1. The Morgan fingerprint density at radius 3 is 2.67 bits per heavy atom. The van der Waals surface area contributed by atoms with Gasteiger partial charge in [-0.3, -0.25) is 0 Å². The molecule has 1 aromatic rings. The summed E-state index contributed by atoms with van der Waals surface area (Å²) in [5.41, 5.74) is 0. The fourth-order valence-corrected chi connectivity index (χ4v) is 2.29.